The fourth-order valence-electron chi connectivity index (χ4n) is 4.96. The molecule has 0 aliphatic carbocycles. The van der Waals surface area contributed by atoms with Gasteiger partial charge in [0.05, 0.1) is 11.4 Å². The number of hydrogen-bond acceptors (Lipinski definition) is 4. The summed E-state index contributed by atoms with van der Waals surface area (Å²) in [6, 6.07) is 21.8. The van der Waals surface area contributed by atoms with Crippen LogP contribution in [0.3, 0.4) is 0 Å². The van der Waals surface area contributed by atoms with Crippen LogP contribution in [0, 0.1) is 6.92 Å². The number of fused-ring (bicyclic) bond motifs is 1. The average Bonchev–Trinajstić information content (AvgIpc) is 3.35. The molecule has 204 valence electrons. The number of amides is 2. The molecule has 2 heterocycles. The van der Waals surface area contributed by atoms with E-state index in [0.717, 1.165) is 52.8 Å². The summed E-state index contributed by atoms with van der Waals surface area (Å²) in [4.78, 5) is 15.7. The highest BCUT2D eigenvalue weighted by Gasteiger charge is 2.23. The maximum absolute atomic E-state index is 13.3. The summed E-state index contributed by atoms with van der Waals surface area (Å²) in [5.74, 6) is 1.49. The number of rotatable bonds is 8. The number of carbonyl (C=O) groups excluding carboxylic acids is 1. The molecule has 3 aromatic carbocycles. The summed E-state index contributed by atoms with van der Waals surface area (Å²) in [6.07, 6.45) is 3.88. The van der Waals surface area contributed by atoms with Crippen LogP contribution in [0.4, 0.5) is 16.3 Å². The molecule has 0 bridgehead atoms. The maximum Gasteiger partial charge on any atom is 0.324 e. The first-order valence-electron chi connectivity index (χ1n) is 13.9. The lowest BCUT2D eigenvalue weighted by atomic mass is 10.1. The Hall–Kier alpha value is -3.62. The lowest BCUT2D eigenvalue weighted by molar-refractivity contribution is 0.184. The van der Waals surface area contributed by atoms with Crippen LogP contribution in [0.1, 0.15) is 24.8 Å². The second-order valence-electron chi connectivity index (χ2n) is 11.4. The van der Waals surface area contributed by atoms with E-state index in [-0.39, 0.29) is 6.03 Å². The highest BCUT2D eigenvalue weighted by atomic mass is 28.3. The standard InChI is InChI=1S/C31H39N5O2Si/c1-23-12-14-24(15-13-23)36-29(22-30(34-36)39(2,3)4)33-31(37)32-27-16-17-28(26-11-7-6-10-25(26)27)38-21-20-35-18-8-5-9-19-35/h6-7,10-17,22H,5,8-9,18-21H2,1-4H3,(H2,32,33,37). The minimum atomic E-state index is -1.70. The van der Waals surface area contributed by atoms with Crippen LogP contribution in [0.2, 0.25) is 19.6 Å². The fraction of sp³-hybridized carbons (Fsp3) is 0.355. The van der Waals surface area contributed by atoms with Crippen molar-refractivity contribution in [1.82, 2.24) is 14.7 Å². The molecule has 1 fully saturated rings. The molecular formula is C31H39N5O2Si. The highest BCUT2D eigenvalue weighted by Crippen LogP contribution is 2.32. The predicted molar refractivity (Wildman–Crippen MR) is 164 cm³/mol. The second kappa shape index (κ2) is 11.6. The molecule has 1 aliphatic rings. The molecular weight excluding hydrogens is 502 g/mol. The molecule has 7 nitrogen and oxygen atoms in total. The first-order chi connectivity index (χ1) is 18.8. The molecule has 2 amide bonds. The summed E-state index contributed by atoms with van der Waals surface area (Å²) >= 11 is 0. The smallest absolute Gasteiger partial charge is 0.324 e. The largest absolute Gasteiger partial charge is 0.492 e. The van der Waals surface area contributed by atoms with E-state index in [1.54, 1.807) is 0 Å². The summed E-state index contributed by atoms with van der Waals surface area (Å²) < 4.78 is 8.03. The van der Waals surface area contributed by atoms with Crippen LogP contribution >= 0.6 is 0 Å². The quantitative estimate of drug-likeness (QED) is 0.254. The van der Waals surface area contributed by atoms with Crippen molar-refractivity contribution >= 4 is 41.7 Å². The van der Waals surface area contributed by atoms with E-state index in [1.807, 2.05) is 59.3 Å². The number of piperidine rings is 1. The van der Waals surface area contributed by atoms with Gasteiger partial charge >= 0.3 is 6.03 Å². The lowest BCUT2D eigenvalue weighted by Crippen LogP contribution is -2.39. The summed E-state index contributed by atoms with van der Waals surface area (Å²) in [5.41, 5.74) is 2.82. The van der Waals surface area contributed by atoms with Gasteiger partial charge in [-0.2, -0.15) is 5.10 Å². The number of nitrogens with one attached hydrogen (secondary N) is 2. The number of benzene rings is 3. The van der Waals surface area contributed by atoms with Crippen molar-refractivity contribution < 1.29 is 9.53 Å². The van der Waals surface area contributed by atoms with E-state index in [2.05, 4.69) is 54.2 Å². The number of nitrogens with zero attached hydrogens (tertiary/aromatic N) is 3. The zero-order valence-electron chi connectivity index (χ0n) is 23.5. The Morgan fingerprint density at radius 2 is 1.64 bits per heavy atom. The zero-order chi connectivity index (χ0) is 27.4. The van der Waals surface area contributed by atoms with E-state index < -0.39 is 8.07 Å². The molecule has 4 aromatic rings. The van der Waals surface area contributed by atoms with Crippen molar-refractivity contribution in [2.24, 2.45) is 0 Å². The number of aromatic nitrogens is 2. The molecule has 39 heavy (non-hydrogen) atoms. The number of likely N-dealkylation sites (tertiary alicyclic amines) is 1. The Balaban J connectivity index is 1.33. The number of carbonyl (C=O) groups is 1. The second-order valence-corrected chi connectivity index (χ2v) is 16.4. The van der Waals surface area contributed by atoms with Crippen LogP contribution in [-0.2, 0) is 0 Å². The Morgan fingerprint density at radius 1 is 0.923 bits per heavy atom. The Bertz CT molecular complexity index is 1440. The van der Waals surface area contributed by atoms with Gasteiger partial charge in [0.15, 0.2) is 0 Å². The first kappa shape index (κ1) is 27.0. The van der Waals surface area contributed by atoms with Crippen molar-refractivity contribution in [1.29, 1.82) is 0 Å². The van der Waals surface area contributed by atoms with Crippen molar-refractivity contribution in [3.05, 3.63) is 72.3 Å². The van der Waals surface area contributed by atoms with Crippen molar-refractivity contribution in [2.45, 2.75) is 45.8 Å². The minimum Gasteiger partial charge on any atom is -0.492 e. The SMILES string of the molecule is Cc1ccc(-n2nc([Si](C)(C)C)cc2NC(=O)Nc2ccc(OCCN3CCCCC3)c3ccccc23)cc1. The van der Waals surface area contributed by atoms with Crippen LogP contribution in [0.5, 0.6) is 5.75 Å². The van der Waals surface area contributed by atoms with Gasteiger partial charge in [-0.3, -0.25) is 10.2 Å². The van der Waals surface area contributed by atoms with Crippen LogP contribution < -0.4 is 20.7 Å². The van der Waals surface area contributed by atoms with Crippen molar-refractivity contribution in [3.8, 4) is 11.4 Å². The molecule has 0 saturated carbocycles. The Labute approximate surface area is 232 Å². The summed E-state index contributed by atoms with van der Waals surface area (Å²) in [6.45, 7) is 12.7. The van der Waals surface area contributed by atoms with Crippen LogP contribution in [0.15, 0.2) is 66.7 Å². The van der Waals surface area contributed by atoms with Gasteiger partial charge in [-0.1, -0.05) is 68.0 Å². The van der Waals surface area contributed by atoms with Gasteiger partial charge in [0.1, 0.15) is 26.2 Å². The maximum atomic E-state index is 13.3. The number of anilines is 2. The normalized spacial score (nSPS) is 14.4. The molecule has 5 rings (SSSR count). The molecule has 0 spiro atoms. The van der Waals surface area contributed by atoms with Gasteiger partial charge in [0, 0.05) is 22.6 Å². The lowest BCUT2D eigenvalue weighted by Gasteiger charge is -2.26. The topological polar surface area (TPSA) is 71.4 Å². The number of hydrogen-bond donors (Lipinski definition) is 2. The van der Waals surface area contributed by atoms with E-state index >= 15 is 0 Å². The van der Waals surface area contributed by atoms with Gasteiger partial charge in [-0.15, -0.1) is 0 Å². The third-order valence-electron chi connectivity index (χ3n) is 7.24. The molecule has 1 aromatic heterocycles. The van der Waals surface area contributed by atoms with Gasteiger partial charge < -0.3 is 10.1 Å². The molecule has 0 unspecified atom stereocenters. The van der Waals surface area contributed by atoms with E-state index in [0.29, 0.717) is 12.4 Å². The molecule has 1 aliphatic heterocycles. The van der Waals surface area contributed by atoms with Crippen LogP contribution in [-0.4, -0.2) is 55.0 Å². The number of ether oxygens (including phenoxy) is 1. The number of aryl methyl sites for hydroxylation is 1. The Kier molecular flexibility index (Phi) is 8.04. The third kappa shape index (κ3) is 6.51. The molecule has 2 N–H and O–H groups in total. The minimum absolute atomic E-state index is 0.311. The van der Waals surface area contributed by atoms with Gasteiger partial charge in [-0.05, 0) is 63.2 Å². The van der Waals surface area contributed by atoms with E-state index in [1.165, 1.54) is 24.8 Å². The predicted octanol–water partition coefficient (Wildman–Crippen LogP) is 6.39. The fourth-order valence-corrected chi connectivity index (χ4v) is 5.93. The molecule has 1 saturated heterocycles. The number of urea groups is 1. The highest BCUT2D eigenvalue weighted by molar-refractivity contribution is 6.88. The summed E-state index contributed by atoms with van der Waals surface area (Å²) in [7, 11) is -1.70. The van der Waals surface area contributed by atoms with Gasteiger partial charge in [0.2, 0.25) is 0 Å². The third-order valence-corrected chi connectivity index (χ3v) is 9.03. The van der Waals surface area contributed by atoms with E-state index in [4.69, 9.17) is 9.84 Å². The van der Waals surface area contributed by atoms with Gasteiger partial charge in [0.25, 0.3) is 0 Å². The molecule has 0 radical (unpaired) electrons. The van der Waals surface area contributed by atoms with Gasteiger partial charge in [-0.25, -0.2) is 9.48 Å². The average molecular weight is 542 g/mol. The van der Waals surface area contributed by atoms with E-state index in [9.17, 15) is 4.79 Å². The van der Waals surface area contributed by atoms with Crippen molar-refractivity contribution in [3.63, 3.8) is 0 Å². The molecule has 0 atom stereocenters. The van der Waals surface area contributed by atoms with Crippen molar-refractivity contribution in [2.75, 3.05) is 36.9 Å². The molecule has 8 heteroatoms. The monoisotopic (exact) mass is 541 g/mol. The zero-order valence-corrected chi connectivity index (χ0v) is 24.5. The Morgan fingerprint density at radius 3 is 2.36 bits per heavy atom. The van der Waals surface area contributed by atoms with Crippen LogP contribution in [0.25, 0.3) is 16.5 Å². The first-order valence-corrected chi connectivity index (χ1v) is 17.4. The summed E-state index contributed by atoms with van der Waals surface area (Å²) in [5, 5.41) is 14.0.